The van der Waals surface area contributed by atoms with Crippen LogP contribution in [0.4, 0.5) is 8.78 Å². The van der Waals surface area contributed by atoms with E-state index in [1.165, 1.54) is 24.3 Å². The van der Waals surface area contributed by atoms with E-state index >= 15 is 0 Å². The average molecular weight is 691 g/mol. The van der Waals surface area contributed by atoms with E-state index in [2.05, 4.69) is 26.5 Å². The molecule has 50 heavy (non-hydrogen) atoms. The predicted octanol–water partition coefficient (Wildman–Crippen LogP) is 6.59. The Hall–Kier alpha value is -4.16. The molecule has 3 atom stereocenters. The molecule has 0 spiro atoms. The van der Waals surface area contributed by atoms with Crippen molar-refractivity contribution < 1.29 is 28.2 Å². The summed E-state index contributed by atoms with van der Waals surface area (Å²) in [5, 5.41) is 25.2. The van der Waals surface area contributed by atoms with Gasteiger partial charge in [-0.05, 0) is 111 Å². The topological polar surface area (TPSA) is 115 Å². The lowest BCUT2D eigenvalue weighted by Gasteiger charge is -2.35. The SMILES string of the molecule is C.C=CCN1CCC(C(O)c2ccc(F)cc2)CC1.O=c1[nH]c2ccc(C3=NOC(CN4CCC(C(O)c5ccc(F)cc5)CC4)C3)cc2o1. The maximum atomic E-state index is 13.1. The number of hydrogen-bond donors (Lipinski definition) is 3. The van der Waals surface area contributed by atoms with Crippen molar-refractivity contribution in [3.05, 3.63) is 118 Å². The summed E-state index contributed by atoms with van der Waals surface area (Å²) >= 11 is 0. The first-order valence-electron chi connectivity index (χ1n) is 17.0. The van der Waals surface area contributed by atoms with Gasteiger partial charge in [-0.3, -0.25) is 14.8 Å². The van der Waals surface area contributed by atoms with Crippen LogP contribution in [0.3, 0.4) is 0 Å². The van der Waals surface area contributed by atoms with Crippen LogP contribution < -0.4 is 5.76 Å². The number of benzene rings is 3. The number of oxazole rings is 1. The van der Waals surface area contributed by atoms with Gasteiger partial charge in [0.25, 0.3) is 0 Å². The van der Waals surface area contributed by atoms with Gasteiger partial charge in [-0.25, -0.2) is 13.6 Å². The second kappa shape index (κ2) is 17.2. The van der Waals surface area contributed by atoms with Crippen LogP contribution in [0.2, 0.25) is 0 Å². The van der Waals surface area contributed by atoms with E-state index in [-0.39, 0.29) is 37.0 Å². The number of rotatable bonds is 9. The third kappa shape index (κ3) is 9.33. The number of aromatic amines is 1. The molecule has 3 unspecified atom stereocenters. The fourth-order valence-corrected chi connectivity index (χ4v) is 7.06. The first kappa shape index (κ1) is 37.1. The number of piperidine rings is 2. The Bertz CT molecular complexity index is 1760. The minimum Gasteiger partial charge on any atom is -0.408 e. The number of aliphatic hydroxyl groups is 2. The number of aliphatic hydroxyl groups excluding tert-OH is 2. The van der Waals surface area contributed by atoms with E-state index in [9.17, 15) is 23.8 Å². The van der Waals surface area contributed by atoms with Crippen LogP contribution in [0.15, 0.2) is 93.8 Å². The van der Waals surface area contributed by atoms with Crippen molar-refractivity contribution in [3.63, 3.8) is 0 Å². The summed E-state index contributed by atoms with van der Waals surface area (Å²) in [5.74, 6) is -0.576. The standard InChI is InChI=1S/C23H24FN3O4.C15H20FNO.CH4/c24-17-4-1-14(2-5-17)22(28)15-7-9-27(10-8-15)13-18-12-20(26-31-18)16-3-6-19-21(11-16)30-23(29)25-19;1-2-9-17-10-7-13(8-11-17)15(18)12-3-5-14(16)6-4-12;/h1-6,11,15,18,22,28H,7-10,12-13H2,(H,25,29);2-6,13,15,18H,1,7-11H2;1H4. The molecule has 3 N–H and O–H groups in total. The highest BCUT2D eigenvalue weighted by Crippen LogP contribution is 2.32. The van der Waals surface area contributed by atoms with Crippen molar-refractivity contribution in [1.29, 1.82) is 0 Å². The first-order chi connectivity index (χ1) is 23.7. The monoisotopic (exact) mass is 690 g/mol. The largest absolute Gasteiger partial charge is 0.417 e. The molecule has 2 fully saturated rings. The number of halogens is 2. The van der Waals surface area contributed by atoms with Crippen LogP contribution in [0.1, 0.15) is 68.4 Å². The van der Waals surface area contributed by atoms with Gasteiger partial charge >= 0.3 is 5.76 Å². The zero-order valence-corrected chi connectivity index (χ0v) is 27.5. The summed E-state index contributed by atoms with van der Waals surface area (Å²) in [7, 11) is 0. The van der Waals surface area contributed by atoms with Crippen molar-refractivity contribution in [1.82, 2.24) is 14.8 Å². The van der Waals surface area contributed by atoms with Crippen molar-refractivity contribution in [2.24, 2.45) is 17.0 Å². The van der Waals surface area contributed by atoms with Gasteiger partial charge in [-0.15, -0.1) is 6.58 Å². The summed E-state index contributed by atoms with van der Waals surface area (Å²) in [5.41, 5.74) is 4.49. The Morgan fingerprint density at radius 3 is 1.94 bits per heavy atom. The van der Waals surface area contributed by atoms with Gasteiger partial charge in [0.2, 0.25) is 0 Å². The summed E-state index contributed by atoms with van der Waals surface area (Å²) in [6.07, 6.45) is 5.25. The van der Waals surface area contributed by atoms with Crippen LogP contribution >= 0.6 is 0 Å². The maximum absolute atomic E-state index is 13.1. The summed E-state index contributed by atoms with van der Waals surface area (Å²) in [6, 6.07) is 17.8. The maximum Gasteiger partial charge on any atom is 0.417 e. The van der Waals surface area contributed by atoms with Crippen molar-refractivity contribution >= 4 is 16.8 Å². The summed E-state index contributed by atoms with van der Waals surface area (Å²) < 4.78 is 31.1. The fraction of sp³-hybridized carbons (Fsp3) is 0.436. The smallest absolute Gasteiger partial charge is 0.408 e. The van der Waals surface area contributed by atoms with Crippen LogP contribution in [0.5, 0.6) is 0 Å². The lowest BCUT2D eigenvalue weighted by molar-refractivity contribution is 0.0213. The number of oxime groups is 1. The van der Waals surface area contributed by atoms with Gasteiger partial charge in [0.15, 0.2) is 5.58 Å². The highest BCUT2D eigenvalue weighted by atomic mass is 19.1. The highest BCUT2D eigenvalue weighted by Gasteiger charge is 2.30. The molecule has 0 bridgehead atoms. The number of nitrogens with one attached hydrogen (secondary N) is 1. The fourth-order valence-electron chi connectivity index (χ4n) is 7.06. The molecular formula is C39H48F2N4O5. The molecule has 0 radical (unpaired) electrons. The minimum atomic E-state index is -0.566. The van der Waals surface area contributed by atoms with Crippen molar-refractivity contribution in [3.8, 4) is 0 Å². The molecule has 0 saturated carbocycles. The van der Waals surface area contributed by atoms with E-state index in [4.69, 9.17) is 9.25 Å². The molecule has 0 amide bonds. The molecule has 7 rings (SSSR count). The van der Waals surface area contributed by atoms with Crippen LogP contribution in [-0.2, 0) is 4.84 Å². The molecule has 9 nitrogen and oxygen atoms in total. The number of fused-ring (bicyclic) bond motifs is 1. The van der Waals surface area contributed by atoms with E-state index in [0.29, 0.717) is 17.5 Å². The van der Waals surface area contributed by atoms with E-state index in [1.54, 1.807) is 30.3 Å². The van der Waals surface area contributed by atoms with Crippen LogP contribution in [0.25, 0.3) is 11.1 Å². The lowest BCUT2D eigenvalue weighted by atomic mass is 9.87. The minimum absolute atomic E-state index is 0. The molecule has 3 aliphatic rings. The number of nitrogens with zero attached hydrogens (tertiary/aromatic N) is 3. The Labute approximate surface area is 291 Å². The molecule has 4 aromatic rings. The Morgan fingerprint density at radius 2 is 1.40 bits per heavy atom. The third-order valence-corrected chi connectivity index (χ3v) is 9.92. The molecule has 268 valence electrons. The Kier molecular flexibility index (Phi) is 12.7. The third-order valence-electron chi connectivity index (χ3n) is 9.92. The zero-order valence-electron chi connectivity index (χ0n) is 27.5. The van der Waals surface area contributed by atoms with Gasteiger partial charge in [0, 0.05) is 25.1 Å². The number of H-pyrrole nitrogens is 1. The van der Waals surface area contributed by atoms with Gasteiger partial charge in [-0.1, -0.05) is 49.0 Å². The van der Waals surface area contributed by atoms with Gasteiger partial charge < -0.3 is 19.5 Å². The number of hydrogen-bond acceptors (Lipinski definition) is 8. The average Bonchev–Trinajstić information content (AvgIpc) is 3.74. The first-order valence-corrected chi connectivity index (χ1v) is 17.0. The highest BCUT2D eigenvalue weighted by molar-refractivity contribution is 6.03. The summed E-state index contributed by atoms with van der Waals surface area (Å²) in [4.78, 5) is 24.3. The van der Waals surface area contributed by atoms with Crippen LogP contribution in [-0.4, -0.2) is 76.1 Å². The van der Waals surface area contributed by atoms with Gasteiger partial charge in [0.1, 0.15) is 17.7 Å². The van der Waals surface area contributed by atoms with Crippen molar-refractivity contribution in [2.75, 3.05) is 39.3 Å². The van der Waals surface area contributed by atoms with E-state index in [0.717, 1.165) is 87.4 Å². The molecule has 3 aliphatic heterocycles. The zero-order chi connectivity index (χ0) is 34.3. The normalized spacial score (nSPS) is 20.2. The number of aromatic nitrogens is 1. The summed E-state index contributed by atoms with van der Waals surface area (Å²) in [6.45, 7) is 9.16. The predicted molar refractivity (Wildman–Crippen MR) is 191 cm³/mol. The molecule has 3 aromatic carbocycles. The molecule has 1 aromatic heterocycles. The Morgan fingerprint density at radius 1 is 0.860 bits per heavy atom. The van der Waals surface area contributed by atoms with Crippen LogP contribution in [0, 0.1) is 23.5 Å². The van der Waals surface area contributed by atoms with Gasteiger partial charge in [-0.2, -0.15) is 0 Å². The number of likely N-dealkylation sites (tertiary alicyclic amines) is 2. The molecular weight excluding hydrogens is 642 g/mol. The quantitative estimate of drug-likeness (QED) is 0.170. The van der Waals surface area contributed by atoms with Crippen molar-refractivity contribution in [2.45, 2.75) is 57.8 Å². The Balaban J connectivity index is 0.000000219. The molecule has 11 heteroatoms. The van der Waals surface area contributed by atoms with E-state index in [1.807, 2.05) is 18.2 Å². The second-order valence-corrected chi connectivity index (χ2v) is 13.3. The molecule has 0 aliphatic carbocycles. The van der Waals surface area contributed by atoms with Gasteiger partial charge in [0.05, 0.1) is 23.4 Å². The van der Waals surface area contributed by atoms with E-state index < -0.39 is 18.0 Å². The lowest BCUT2D eigenvalue weighted by Crippen LogP contribution is -2.40. The molecule has 4 heterocycles. The molecule has 2 saturated heterocycles. The second-order valence-electron chi connectivity index (χ2n) is 13.3.